The summed E-state index contributed by atoms with van der Waals surface area (Å²) in [7, 11) is -8.61. The highest BCUT2D eigenvalue weighted by molar-refractivity contribution is 8.26. The maximum atomic E-state index is 15.6. The van der Waals surface area contributed by atoms with Crippen LogP contribution in [-0.2, 0) is 29.3 Å². The molecule has 14 nitrogen and oxygen atoms in total. The molecule has 49 heavy (non-hydrogen) atoms. The van der Waals surface area contributed by atoms with Gasteiger partial charge in [0.15, 0.2) is 0 Å². The number of nitro benzene ring substituents is 1. The first-order valence-corrected chi connectivity index (χ1v) is 18.2. The Bertz CT molecular complexity index is 1720. The van der Waals surface area contributed by atoms with E-state index in [9.17, 15) is 37.2 Å². The number of aryl methyl sites for hydroxylation is 1. The first-order chi connectivity index (χ1) is 22.2. The molecular formula is C32H44FN3O11S2. The fourth-order valence-electron chi connectivity index (χ4n) is 5.10. The highest BCUT2D eigenvalue weighted by Gasteiger charge is 2.61. The second-order valence-corrected chi connectivity index (χ2v) is 18.5. The van der Waals surface area contributed by atoms with Crippen LogP contribution in [0.2, 0.25) is 0 Å². The van der Waals surface area contributed by atoms with Gasteiger partial charge in [-0.15, -0.1) is 0 Å². The smallest absolute Gasteiger partial charge is 0.425 e. The lowest BCUT2D eigenvalue weighted by atomic mass is 9.87. The van der Waals surface area contributed by atoms with Crippen molar-refractivity contribution >= 4 is 44.4 Å². The van der Waals surface area contributed by atoms with Gasteiger partial charge in [-0.05, 0) is 87.4 Å². The minimum atomic E-state index is -4.36. The lowest BCUT2D eigenvalue weighted by Gasteiger charge is -2.60. The molecule has 2 unspecified atom stereocenters. The SMILES string of the molecule is Cc1ccc(S(=O)(=O)OCCC2(C)C(N(C(=O)OC(C)(C)C)C(=O)OC(C)(C)C)=N[C@](C)(c3cc([N+](=O)[O-])ccc3F)C(C)S2(O)O)cc1. The second-order valence-electron chi connectivity index (χ2n) is 14.1. The van der Waals surface area contributed by atoms with Gasteiger partial charge in [-0.3, -0.25) is 28.4 Å². The van der Waals surface area contributed by atoms with E-state index in [4.69, 9.17) is 13.7 Å². The Morgan fingerprint density at radius 1 is 1.02 bits per heavy atom. The molecule has 2 amide bonds. The van der Waals surface area contributed by atoms with Crippen LogP contribution in [0, 0.1) is 22.9 Å². The molecule has 0 bridgehead atoms. The molecule has 1 aliphatic heterocycles. The minimum Gasteiger partial charge on any atom is -0.443 e. The highest BCUT2D eigenvalue weighted by atomic mass is 32.3. The Hall–Kier alpha value is -3.64. The molecule has 2 aromatic carbocycles. The number of nitrogens with zero attached hydrogens (tertiary/aromatic N) is 3. The second kappa shape index (κ2) is 13.6. The standard InChI is InChI=1S/C32H44FN3O11S2/c1-20-11-14-23(15-12-20)49(43,44)45-18-17-31(9)26(35(27(37)46-29(3,4)5)28(38)47-30(6,7)8)34-32(10,21(2)48(31,41)42)24-19-22(36(39)40)13-16-25(24)33/h11-16,19,21,41-42H,17-18H2,1-10H3/t21?,31?,32-/m0/s1. The third kappa shape index (κ3) is 8.40. The van der Waals surface area contributed by atoms with Crippen molar-refractivity contribution in [3.05, 3.63) is 69.5 Å². The van der Waals surface area contributed by atoms with Gasteiger partial charge in [-0.25, -0.2) is 14.0 Å². The first-order valence-electron chi connectivity index (χ1n) is 15.2. The van der Waals surface area contributed by atoms with E-state index in [1.165, 1.54) is 74.4 Å². The molecule has 0 fully saturated rings. The van der Waals surface area contributed by atoms with E-state index < -0.39 is 100 Å². The maximum absolute atomic E-state index is 15.6. The van der Waals surface area contributed by atoms with Gasteiger partial charge in [-0.2, -0.15) is 23.9 Å². The Balaban J connectivity index is 2.33. The molecule has 0 saturated carbocycles. The predicted octanol–water partition coefficient (Wildman–Crippen LogP) is 7.54. The summed E-state index contributed by atoms with van der Waals surface area (Å²) in [5, 5.41) is 10.2. The molecule has 3 rings (SSSR count). The van der Waals surface area contributed by atoms with Crippen molar-refractivity contribution in [2.45, 2.75) is 107 Å². The predicted molar refractivity (Wildman–Crippen MR) is 182 cm³/mol. The first kappa shape index (κ1) is 39.8. The van der Waals surface area contributed by atoms with Crippen molar-refractivity contribution in [2.24, 2.45) is 4.99 Å². The van der Waals surface area contributed by atoms with Crippen molar-refractivity contribution in [1.29, 1.82) is 0 Å². The topological polar surface area (TPSA) is 195 Å². The Labute approximate surface area is 287 Å². The number of amides is 2. The third-order valence-corrected chi connectivity index (χ3v) is 12.4. The molecular weight excluding hydrogens is 685 g/mol. The largest absolute Gasteiger partial charge is 0.443 e. The lowest BCUT2D eigenvalue weighted by Crippen LogP contribution is -2.62. The Morgan fingerprint density at radius 2 is 1.53 bits per heavy atom. The number of ether oxygens (including phenoxy) is 2. The summed E-state index contributed by atoms with van der Waals surface area (Å²) in [4.78, 5) is 43.4. The molecule has 2 aromatic rings. The summed E-state index contributed by atoms with van der Waals surface area (Å²) in [5.74, 6) is -1.66. The maximum Gasteiger partial charge on any atom is 0.425 e. The molecule has 1 aliphatic rings. The third-order valence-electron chi connectivity index (χ3n) is 7.96. The molecule has 1 heterocycles. The average Bonchev–Trinajstić information content (AvgIpc) is 2.93. The van der Waals surface area contributed by atoms with Crippen molar-refractivity contribution in [3.63, 3.8) is 0 Å². The van der Waals surface area contributed by atoms with E-state index in [-0.39, 0.29) is 4.90 Å². The zero-order chi connectivity index (χ0) is 37.5. The van der Waals surface area contributed by atoms with Crippen LogP contribution in [0.25, 0.3) is 0 Å². The van der Waals surface area contributed by atoms with Crippen LogP contribution in [0.5, 0.6) is 0 Å². The minimum absolute atomic E-state index is 0.168. The number of benzene rings is 2. The Morgan fingerprint density at radius 3 is 2.00 bits per heavy atom. The number of non-ortho nitro benzene ring substituents is 1. The van der Waals surface area contributed by atoms with Crippen molar-refractivity contribution in [3.8, 4) is 0 Å². The van der Waals surface area contributed by atoms with Gasteiger partial charge < -0.3 is 9.47 Å². The van der Waals surface area contributed by atoms with E-state index in [1.54, 1.807) is 19.1 Å². The number of imide groups is 1. The van der Waals surface area contributed by atoms with Crippen LogP contribution >= 0.6 is 10.6 Å². The number of nitro groups is 1. The summed E-state index contributed by atoms with van der Waals surface area (Å²) in [5.41, 5.74) is -4.61. The fourth-order valence-corrected chi connectivity index (χ4v) is 8.40. The van der Waals surface area contributed by atoms with Gasteiger partial charge in [0.2, 0.25) is 0 Å². The number of hydrogen-bond donors (Lipinski definition) is 2. The summed E-state index contributed by atoms with van der Waals surface area (Å²) in [6.07, 6.45) is -3.24. The number of aliphatic imine (C=N–C) groups is 1. The molecule has 0 aromatic heterocycles. The van der Waals surface area contributed by atoms with E-state index in [2.05, 4.69) is 4.99 Å². The normalized spacial score (nSPS) is 23.2. The van der Waals surface area contributed by atoms with Gasteiger partial charge >= 0.3 is 12.2 Å². The van der Waals surface area contributed by atoms with E-state index in [1.807, 2.05) is 0 Å². The van der Waals surface area contributed by atoms with Gasteiger partial charge in [0.05, 0.1) is 21.7 Å². The number of carbonyl (C=O) groups excluding carboxylic acids is 2. The van der Waals surface area contributed by atoms with Crippen LogP contribution in [0.3, 0.4) is 0 Å². The number of amidine groups is 1. The quantitative estimate of drug-likeness (QED) is 0.162. The lowest BCUT2D eigenvalue weighted by molar-refractivity contribution is -0.385. The molecule has 0 saturated heterocycles. The van der Waals surface area contributed by atoms with E-state index in [0.717, 1.165) is 23.8 Å². The van der Waals surface area contributed by atoms with Gasteiger partial charge in [0.1, 0.15) is 33.1 Å². The van der Waals surface area contributed by atoms with E-state index in [0.29, 0.717) is 4.90 Å². The molecule has 272 valence electrons. The summed E-state index contributed by atoms with van der Waals surface area (Å²) < 4.78 is 80.0. The molecule has 0 radical (unpaired) electrons. The molecule has 2 N–H and O–H groups in total. The summed E-state index contributed by atoms with van der Waals surface area (Å²) >= 11 is 0. The van der Waals surface area contributed by atoms with E-state index >= 15 is 4.39 Å². The van der Waals surface area contributed by atoms with Crippen molar-refractivity contribution < 1.29 is 50.1 Å². The van der Waals surface area contributed by atoms with Crippen LogP contribution < -0.4 is 0 Å². The average molecular weight is 730 g/mol. The van der Waals surface area contributed by atoms with Gasteiger partial charge in [0.25, 0.3) is 15.8 Å². The number of hydrogen-bond acceptors (Lipinski definition) is 12. The molecule has 0 aliphatic carbocycles. The molecule has 17 heteroatoms. The highest BCUT2D eigenvalue weighted by Crippen LogP contribution is 2.66. The molecule has 0 spiro atoms. The summed E-state index contributed by atoms with van der Waals surface area (Å²) in [6, 6.07) is 8.42. The monoisotopic (exact) mass is 729 g/mol. The van der Waals surface area contributed by atoms with Crippen LogP contribution in [0.1, 0.15) is 79.9 Å². The van der Waals surface area contributed by atoms with Gasteiger partial charge in [-0.1, -0.05) is 17.7 Å². The van der Waals surface area contributed by atoms with Crippen LogP contribution in [0.15, 0.2) is 52.4 Å². The van der Waals surface area contributed by atoms with Crippen molar-refractivity contribution in [1.82, 2.24) is 4.90 Å². The Kier molecular flexibility index (Phi) is 11.0. The fraction of sp³-hybridized carbons (Fsp3) is 0.531. The summed E-state index contributed by atoms with van der Waals surface area (Å²) in [6.45, 7) is 14.0. The zero-order valence-electron chi connectivity index (χ0n) is 29.1. The molecule has 3 atom stereocenters. The van der Waals surface area contributed by atoms with Gasteiger partial charge in [0, 0.05) is 24.1 Å². The van der Waals surface area contributed by atoms with Crippen LogP contribution in [0.4, 0.5) is 19.7 Å². The van der Waals surface area contributed by atoms with Crippen LogP contribution in [-0.4, -0.2) is 73.2 Å². The number of halogens is 1. The number of rotatable bonds is 7. The zero-order valence-corrected chi connectivity index (χ0v) is 30.8. The number of carbonyl (C=O) groups is 2. The van der Waals surface area contributed by atoms with Crippen molar-refractivity contribution in [2.75, 3.05) is 6.61 Å².